The van der Waals surface area contributed by atoms with Gasteiger partial charge in [-0.05, 0) is 40.9 Å². The summed E-state index contributed by atoms with van der Waals surface area (Å²) < 4.78 is 14.1. The predicted molar refractivity (Wildman–Crippen MR) is 106 cm³/mol. The molecule has 2 aliphatic rings. The first-order valence-corrected chi connectivity index (χ1v) is 10.3. The summed E-state index contributed by atoms with van der Waals surface area (Å²) in [7, 11) is 1.70. The Kier molecular flexibility index (Phi) is 4.27. The summed E-state index contributed by atoms with van der Waals surface area (Å²) in [5, 5.41) is 4.39. The summed E-state index contributed by atoms with van der Waals surface area (Å²) in [5.41, 5.74) is 3.56. The molecular weight excluding hydrogens is 358 g/mol. The molecule has 0 amide bonds. The van der Waals surface area contributed by atoms with Crippen LogP contribution in [-0.2, 0) is 24.4 Å². The van der Waals surface area contributed by atoms with Crippen LogP contribution in [0, 0.1) is 0 Å². The van der Waals surface area contributed by atoms with E-state index in [0.29, 0.717) is 6.61 Å². The van der Waals surface area contributed by atoms with Crippen molar-refractivity contribution >= 4 is 11.3 Å². The number of benzene rings is 1. The average molecular weight is 382 g/mol. The minimum Gasteiger partial charge on any atom is -0.497 e. The lowest BCUT2D eigenvalue weighted by Gasteiger charge is -2.35. The maximum Gasteiger partial charge on any atom is 0.135 e. The molecule has 4 heterocycles. The van der Waals surface area contributed by atoms with Crippen molar-refractivity contribution in [3.63, 3.8) is 0 Å². The standard InChI is InChI=1S/C21H23N3O2S/c1-25-18-4-2-3-17(9-18)19-10-22-20-12-26-21(15-24(19)20)6-7-23(14-21)11-16-5-8-27-13-16/h2-5,8-10,13H,6-7,11-12,14-15H2,1H3/t21-/m0/s1. The van der Waals surface area contributed by atoms with Gasteiger partial charge in [0, 0.05) is 25.2 Å². The van der Waals surface area contributed by atoms with Gasteiger partial charge in [0.15, 0.2) is 0 Å². The molecular formula is C21H23N3O2S. The Morgan fingerprint density at radius 3 is 3.11 bits per heavy atom. The largest absolute Gasteiger partial charge is 0.497 e. The minimum absolute atomic E-state index is 0.114. The van der Waals surface area contributed by atoms with E-state index in [1.807, 2.05) is 18.3 Å². The van der Waals surface area contributed by atoms with Crippen LogP contribution in [0.25, 0.3) is 11.3 Å². The van der Waals surface area contributed by atoms with Gasteiger partial charge in [-0.3, -0.25) is 4.90 Å². The van der Waals surface area contributed by atoms with Gasteiger partial charge in [-0.2, -0.15) is 11.3 Å². The molecule has 5 rings (SSSR count). The Hall–Kier alpha value is -2.15. The zero-order valence-corrected chi connectivity index (χ0v) is 16.2. The summed E-state index contributed by atoms with van der Waals surface area (Å²) in [6.45, 7) is 4.49. The molecule has 1 saturated heterocycles. The number of nitrogens with zero attached hydrogens (tertiary/aromatic N) is 3. The first kappa shape index (κ1) is 17.0. The number of likely N-dealkylation sites (tertiary alicyclic amines) is 1. The highest BCUT2D eigenvalue weighted by atomic mass is 32.1. The second kappa shape index (κ2) is 6.78. The third-order valence-electron chi connectivity index (χ3n) is 5.64. The molecule has 0 aliphatic carbocycles. The number of fused-ring (bicyclic) bond motifs is 1. The van der Waals surface area contributed by atoms with E-state index in [1.54, 1.807) is 18.4 Å². The Morgan fingerprint density at radius 2 is 2.26 bits per heavy atom. The fourth-order valence-electron chi connectivity index (χ4n) is 4.22. The summed E-state index contributed by atoms with van der Waals surface area (Å²) in [6.07, 6.45) is 3.02. The van der Waals surface area contributed by atoms with Gasteiger partial charge < -0.3 is 14.0 Å². The Morgan fingerprint density at radius 1 is 1.30 bits per heavy atom. The van der Waals surface area contributed by atoms with Gasteiger partial charge >= 0.3 is 0 Å². The lowest BCUT2D eigenvalue weighted by molar-refractivity contribution is -0.0821. The van der Waals surface area contributed by atoms with Crippen LogP contribution in [0.3, 0.4) is 0 Å². The highest BCUT2D eigenvalue weighted by Crippen LogP contribution is 2.36. The van der Waals surface area contributed by atoms with Crippen LogP contribution in [-0.4, -0.2) is 40.3 Å². The normalized spacial score (nSPS) is 22.3. The molecule has 0 radical (unpaired) electrons. The monoisotopic (exact) mass is 381 g/mol. The van der Waals surface area contributed by atoms with Crippen molar-refractivity contribution in [3.8, 4) is 17.0 Å². The Balaban J connectivity index is 1.39. The number of ether oxygens (including phenoxy) is 2. The van der Waals surface area contributed by atoms with E-state index in [0.717, 1.165) is 55.4 Å². The average Bonchev–Trinajstić information content (AvgIpc) is 3.43. The van der Waals surface area contributed by atoms with Crippen LogP contribution in [0.1, 0.15) is 17.8 Å². The first-order chi connectivity index (χ1) is 13.2. The van der Waals surface area contributed by atoms with Gasteiger partial charge in [0.25, 0.3) is 0 Å². The van der Waals surface area contributed by atoms with Gasteiger partial charge in [0.2, 0.25) is 0 Å². The molecule has 1 fully saturated rings. The first-order valence-electron chi connectivity index (χ1n) is 9.31. The number of rotatable bonds is 4. The molecule has 6 heteroatoms. The number of methoxy groups -OCH3 is 1. The SMILES string of the molecule is COc1cccc(-c2cnc3n2C[C@@]2(CCN(Cc4ccsc4)C2)OC3)c1. The van der Waals surface area contributed by atoms with Crippen molar-refractivity contribution in [2.75, 3.05) is 20.2 Å². The molecule has 2 aromatic heterocycles. The Labute approximate surface area is 163 Å². The highest BCUT2D eigenvalue weighted by molar-refractivity contribution is 7.07. The summed E-state index contributed by atoms with van der Waals surface area (Å²) in [5.74, 6) is 1.88. The van der Waals surface area contributed by atoms with E-state index in [2.05, 4.69) is 43.4 Å². The zero-order chi connectivity index (χ0) is 18.3. The third kappa shape index (κ3) is 3.18. The van der Waals surface area contributed by atoms with Crippen molar-refractivity contribution in [1.29, 1.82) is 0 Å². The maximum atomic E-state index is 6.35. The van der Waals surface area contributed by atoms with Gasteiger partial charge in [-0.1, -0.05) is 12.1 Å². The van der Waals surface area contributed by atoms with E-state index < -0.39 is 0 Å². The minimum atomic E-state index is -0.114. The fourth-order valence-corrected chi connectivity index (χ4v) is 4.88. The van der Waals surface area contributed by atoms with Gasteiger partial charge in [-0.25, -0.2) is 4.98 Å². The van der Waals surface area contributed by atoms with E-state index in [1.165, 1.54) is 5.56 Å². The second-order valence-corrected chi connectivity index (χ2v) is 8.22. The van der Waals surface area contributed by atoms with E-state index in [4.69, 9.17) is 9.47 Å². The summed E-state index contributed by atoms with van der Waals surface area (Å²) in [6, 6.07) is 10.4. The van der Waals surface area contributed by atoms with Crippen molar-refractivity contribution in [2.45, 2.75) is 31.7 Å². The molecule has 0 unspecified atom stereocenters. The van der Waals surface area contributed by atoms with Crippen LogP contribution in [0.15, 0.2) is 47.3 Å². The molecule has 140 valence electrons. The molecule has 0 N–H and O–H groups in total. The molecule has 1 spiro atoms. The lowest BCUT2D eigenvalue weighted by atomic mass is 10.0. The van der Waals surface area contributed by atoms with Crippen LogP contribution >= 0.6 is 11.3 Å². The van der Waals surface area contributed by atoms with E-state index >= 15 is 0 Å². The van der Waals surface area contributed by atoms with Crippen molar-refractivity contribution < 1.29 is 9.47 Å². The van der Waals surface area contributed by atoms with Crippen LogP contribution in [0.4, 0.5) is 0 Å². The molecule has 5 nitrogen and oxygen atoms in total. The lowest BCUT2D eigenvalue weighted by Crippen LogP contribution is -2.44. The summed E-state index contributed by atoms with van der Waals surface area (Å²) in [4.78, 5) is 7.12. The van der Waals surface area contributed by atoms with Crippen molar-refractivity contribution in [2.24, 2.45) is 0 Å². The molecule has 2 aliphatic heterocycles. The fraction of sp³-hybridized carbons (Fsp3) is 0.381. The van der Waals surface area contributed by atoms with Crippen LogP contribution in [0.5, 0.6) is 5.75 Å². The Bertz CT molecular complexity index is 937. The second-order valence-electron chi connectivity index (χ2n) is 7.44. The topological polar surface area (TPSA) is 39.5 Å². The number of hydrogen-bond donors (Lipinski definition) is 0. The molecule has 0 bridgehead atoms. The smallest absolute Gasteiger partial charge is 0.135 e. The third-order valence-corrected chi connectivity index (χ3v) is 6.37. The highest BCUT2D eigenvalue weighted by Gasteiger charge is 2.43. The van der Waals surface area contributed by atoms with E-state index in [-0.39, 0.29) is 5.60 Å². The quantitative estimate of drug-likeness (QED) is 0.689. The zero-order valence-electron chi connectivity index (χ0n) is 15.4. The number of aromatic nitrogens is 2. The van der Waals surface area contributed by atoms with Crippen LogP contribution < -0.4 is 4.74 Å². The van der Waals surface area contributed by atoms with Gasteiger partial charge in [0.05, 0.1) is 25.5 Å². The number of thiophene rings is 1. The van der Waals surface area contributed by atoms with E-state index in [9.17, 15) is 0 Å². The molecule has 0 saturated carbocycles. The maximum absolute atomic E-state index is 6.35. The van der Waals surface area contributed by atoms with Crippen molar-refractivity contribution in [3.05, 3.63) is 58.7 Å². The van der Waals surface area contributed by atoms with Gasteiger partial charge in [0.1, 0.15) is 23.8 Å². The molecule has 27 heavy (non-hydrogen) atoms. The molecule has 1 atom stereocenters. The van der Waals surface area contributed by atoms with Gasteiger partial charge in [-0.15, -0.1) is 0 Å². The predicted octanol–water partition coefficient (Wildman–Crippen LogP) is 3.80. The van der Waals surface area contributed by atoms with Crippen LogP contribution in [0.2, 0.25) is 0 Å². The van der Waals surface area contributed by atoms with Crippen molar-refractivity contribution in [1.82, 2.24) is 14.5 Å². The molecule has 1 aromatic carbocycles. The number of hydrogen-bond acceptors (Lipinski definition) is 5. The summed E-state index contributed by atoms with van der Waals surface area (Å²) >= 11 is 1.76. The molecule has 3 aromatic rings. The number of imidazole rings is 1.